The summed E-state index contributed by atoms with van der Waals surface area (Å²) in [5, 5.41) is 30.4. The molecule has 0 fully saturated rings. The number of nitrogens with zero attached hydrogens (tertiary/aromatic N) is 3. The van der Waals surface area contributed by atoms with E-state index < -0.39 is 13.1 Å². The highest BCUT2D eigenvalue weighted by atomic mass is 16.5. The van der Waals surface area contributed by atoms with Gasteiger partial charge < -0.3 is 20.1 Å². The highest BCUT2D eigenvalue weighted by Crippen LogP contribution is 2.27. The van der Waals surface area contributed by atoms with Gasteiger partial charge in [-0.2, -0.15) is 0 Å². The topological polar surface area (TPSA) is 110 Å². The molecule has 2 aromatic carbocycles. The second-order valence-electron chi connectivity index (χ2n) is 7.28. The Labute approximate surface area is 182 Å². The number of benzene rings is 2. The lowest BCUT2D eigenvalue weighted by Gasteiger charge is -2.18. The van der Waals surface area contributed by atoms with Gasteiger partial charge in [0, 0.05) is 12.0 Å². The van der Waals surface area contributed by atoms with Crippen LogP contribution in [-0.4, -0.2) is 51.1 Å². The summed E-state index contributed by atoms with van der Waals surface area (Å²) >= 11 is 0. The predicted octanol–water partition coefficient (Wildman–Crippen LogP) is 1.65. The number of para-hydroxylation sites is 1. The van der Waals surface area contributed by atoms with Crippen LogP contribution in [-0.2, 0) is 24.2 Å². The van der Waals surface area contributed by atoms with Gasteiger partial charge >= 0.3 is 7.12 Å². The number of hydrogen-bond donors (Lipinski definition) is 3. The smallest absolute Gasteiger partial charge is 0.475 e. The normalized spacial score (nSPS) is 11.7. The molecule has 1 aromatic heterocycles. The number of methoxy groups -OCH3 is 1. The second-order valence-corrected chi connectivity index (χ2v) is 7.28. The van der Waals surface area contributed by atoms with Crippen molar-refractivity contribution in [3.63, 3.8) is 0 Å². The van der Waals surface area contributed by atoms with Gasteiger partial charge in [-0.25, -0.2) is 0 Å². The summed E-state index contributed by atoms with van der Waals surface area (Å²) in [4.78, 5) is 12.4. The van der Waals surface area contributed by atoms with Gasteiger partial charge in [0.25, 0.3) is 0 Å². The zero-order valence-electron chi connectivity index (χ0n) is 17.7. The molecule has 0 aliphatic carbocycles. The van der Waals surface area contributed by atoms with E-state index in [4.69, 9.17) is 4.74 Å². The lowest BCUT2D eigenvalue weighted by Crippen LogP contribution is -2.48. The number of nitrogens with one attached hydrogen (secondary N) is 1. The molecule has 8 nitrogen and oxygen atoms in total. The van der Waals surface area contributed by atoms with E-state index in [1.165, 1.54) is 0 Å². The molecule has 0 saturated heterocycles. The van der Waals surface area contributed by atoms with Gasteiger partial charge in [0.15, 0.2) is 0 Å². The Balaban J connectivity index is 1.58. The summed E-state index contributed by atoms with van der Waals surface area (Å²) in [5.74, 6) is -0.391. The van der Waals surface area contributed by atoms with E-state index in [9.17, 15) is 14.8 Å². The predicted molar refractivity (Wildman–Crippen MR) is 118 cm³/mol. The SMILES string of the molecule is CCc1cccc(CC(NC(=O)CCn2cc(-c3ccccc3OC)nn2)B(O)O)c1. The Morgan fingerprint density at radius 3 is 2.71 bits per heavy atom. The Kier molecular flexibility index (Phi) is 7.80. The number of aromatic nitrogens is 3. The third kappa shape index (κ3) is 6.16. The van der Waals surface area contributed by atoms with E-state index in [0.717, 1.165) is 23.1 Å². The average molecular weight is 422 g/mol. The minimum absolute atomic E-state index is 0.132. The summed E-state index contributed by atoms with van der Waals surface area (Å²) in [6, 6.07) is 15.4. The summed E-state index contributed by atoms with van der Waals surface area (Å²) in [6.07, 6.45) is 3.10. The third-order valence-electron chi connectivity index (χ3n) is 5.05. The van der Waals surface area contributed by atoms with Gasteiger partial charge in [-0.15, -0.1) is 5.10 Å². The number of carbonyl (C=O) groups is 1. The van der Waals surface area contributed by atoms with Crippen LogP contribution in [0.4, 0.5) is 0 Å². The molecule has 0 spiro atoms. The van der Waals surface area contributed by atoms with Crippen LogP contribution in [0.5, 0.6) is 5.75 Å². The number of carbonyl (C=O) groups excluding carboxylic acids is 1. The molecule has 9 heteroatoms. The van der Waals surface area contributed by atoms with Crippen LogP contribution < -0.4 is 10.1 Å². The fourth-order valence-corrected chi connectivity index (χ4v) is 3.34. The van der Waals surface area contributed by atoms with Gasteiger partial charge in [0.2, 0.25) is 5.91 Å². The summed E-state index contributed by atoms with van der Waals surface area (Å²) in [5.41, 5.74) is 3.57. The monoisotopic (exact) mass is 422 g/mol. The fraction of sp³-hybridized carbons (Fsp3) is 0.318. The molecular formula is C22H27BN4O4. The first kappa shape index (κ1) is 22.5. The number of amides is 1. The van der Waals surface area contributed by atoms with Gasteiger partial charge in [0.1, 0.15) is 11.4 Å². The lowest BCUT2D eigenvalue weighted by atomic mass is 9.75. The van der Waals surface area contributed by atoms with Crippen molar-refractivity contribution in [3.8, 4) is 17.0 Å². The van der Waals surface area contributed by atoms with E-state index in [2.05, 4.69) is 22.6 Å². The first-order chi connectivity index (χ1) is 15.0. The molecule has 0 bridgehead atoms. The van der Waals surface area contributed by atoms with Crippen LogP contribution in [0.1, 0.15) is 24.5 Å². The van der Waals surface area contributed by atoms with Crippen molar-refractivity contribution < 1.29 is 19.6 Å². The van der Waals surface area contributed by atoms with Gasteiger partial charge in [-0.1, -0.05) is 48.5 Å². The van der Waals surface area contributed by atoms with Crippen LogP contribution in [0.25, 0.3) is 11.3 Å². The standard InChI is InChI=1S/C22H27BN4O4/c1-3-16-7-6-8-17(13-16)14-21(23(29)30)24-22(28)11-12-27-15-19(25-26-27)18-9-4-5-10-20(18)31-2/h4-10,13,15,21,29-30H,3,11-12,14H2,1-2H3,(H,24,28). The maximum atomic E-state index is 12.4. The fourth-order valence-electron chi connectivity index (χ4n) is 3.34. The molecule has 0 saturated carbocycles. The quantitative estimate of drug-likeness (QED) is 0.429. The van der Waals surface area contributed by atoms with E-state index in [-0.39, 0.29) is 12.3 Å². The molecule has 1 atom stereocenters. The van der Waals surface area contributed by atoms with Gasteiger partial charge in [-0.05, 0) is 36.1 Å². The lowest BCUT2D eigenvalue weighted by molar-refractivity contribution is -0.121. The van der Waals surface area contributed by atoms with Crippen LogP contribution in [0.2, 0.25) is 0 Å². The van der Waals surface area contributed by atoms with Crippen LogP contribution >= 0.6 is 0 Å². The van der Waals surface area contributed by atoms with Crippen molar-refractivity contribution in [1.82, 2.24) is 20.3 Å². The maximum Gasteiger partial charge on any atom is 0.475 e. The van der Waals surface area contributed by atoms with Crippen LogP contribution in [0.15, 0.2) is 54.7 Å². The van der Waals surface area contributed by atoms with Crippen molar-refractivity contribution in [2.75, 3.05) is 7.11 Å². The van der Waals surface area contributed by atoms with Crippen LogP contribution in [0.3, 0.4) is 0 Å². The molecule has 3 rings (SSSR count). The van der Waals surface area contributed by atoms with E-state index in [0.29, 0.717) is 24.4 Å². The number of aryl methyl sites for hydroxylation is 2. The molecule has 31 heavy (non-hydrogen) atoms. The Morgan fingerprint density at radius 1 is 1.19 bits per heavy atom. The molecular weight excluding hydrogens is 395 g/mol. The van der Waals surface area contributed by atoms with E-state index >= 15 is 0 Å². The van der Waals surface area contributed by atoms with Crippen LogP contribution in [0, 0.1) is 0 Å². The highest BCUT2D eigenvalue weighted by molar-refractivity contribution is 6.43. The summed E-state index contributed by atoms with van der Waals surface area (Å²) < 4.78 is 6.93. The van der Waals surface area contributed by atoms with Crippen molar-refractivity contribution in [3.05, 3.63) is 65.9 Å². The Hall–Kier alpha value is -3.17. The van der Waals surface area contributed by atoms with Gasteiger partial charge in [-0.3, -0.25) is 9.48 Å². The molecule has 3 aromatic rings. The highest BCUT2D eigenvalue weighted by Gasteiger charge is 2.25. The molecule has 0 aliphatic heterocycles. The Bertz CT molecular complexity index is 1010. The molecule has 0 radical (unpaired) electrons. The van der Waals surface area contributed by atoms with Crippen molar-refractivity contribution in [2.24, 2.45) is 0 Å². The largest absolute Gasteiger partial charge is 0.496 e. The van der Waals surface area contributed by atoms with Crippen molar-refractivity contribution in [2.45, 2.75) is 38.7 Å². The number of ether oxygens (including phenoxy) is 1. The molecule has 3 N–H and O–H groups in total. The minimum Gasteiger partial charge on any atom is -0.496 e. The third-order valence-corrected chi connectivity index (χ3v) is 5.05. The molecule has 1 heterocycles. The average Bonchev–Trinajstić information content (AvgIpc) is 3.26. The zero-order chi connectivity index (χ0) is 22.2. The van der Waals surface area contributed by atoms with Gasteiger partial charge in [0.05, 0.1) is 25.8 Å². The summed E-state index contributed by atoms with van der Waals surface area (Å²) in [6.45, 7) is 2.37. The number of hydrogen-bond acceptors (Lipinski definition) is 6. The number of rotatable bonds is 10. The second kappa shape index (κ2) is 10.7. The van der Waals surface area contributed by atoms with Crippen molar-refractivity contribution in [1.29, 1.82) is 0 Å². The summed E-state index contributed by atoms with van der Waals surface area (Å²) in [7, 11) is -0.0595. The van der Waals surface area contributed by atoms with E-state index in [1.807, 2.05) is 48.5 Å². The van der Waals surface area contributed by atoms with E-state index in [1.54, 1.807) is 18.0 Å². The molecule has 1 unspecified atom stereocenters. The zero-order valence-corrected chi connectivity index (χ0v) is 17.7. The maximum absolute atomic E-state index is 12.4. The molecule has 1 amide bonds. The minimum atomic E-state index is -1.65. The molecule has 0 aliphatic rings. The molecule has 162 valence electrons. The first-order valence-corrected chi connectivity index (χ1v) is 10.3. The van der Waals surface area contributed by atoms with Crippen molar-refractivity contribution >= 4 is 13.0 Å². The Morgan fingerprint density at radius 2 is 1.97 bits per heavy atom. The first-order valence-electron chi connectivity index (χ1n) is 10.3.